The molecule has 3 aromatic carbocycles. The van der Waals surface area contributed by atoms with Crippen molar-refractivity contribution in [2.24, 2.45) is 0 Å². The van der Waals surface area contributed by atoms with Gasteiger partial charge in [-0.05, 0) is 65.6 Å². The van der Waals surface area contributed by atoms with Crippen molar-refractivity contribution in [2.45, 2.75) is 25.7 Å². The fourth-order valence-electron chi connectivity index (χ4n) is 5.63. The number of hydrogen-bond acceptors (Lipinski definition) is 4. The SMILES string of the molecule is COc1cc(-c2nc3c(c4c2-c2ccccc2CC4)-c2ccccc2CC3)cc(OC)c1OC. The van der Waals surface area contributed by atoms with E-state index in [-0.39, 0.29) is 0 Å². The van der Waals surface area contributed by atoms with Gasteiger partial charge in [0.25, 0.3) is 0 Å². The number of methoxy groups -OCH3 is 3. The summed E-state index contributed by atoms with van der Waals surface area (Å²) in [6.45, 7) is 0. The minimum absolute atomic E-state index is 0.593. The van der Waals surface area contributed by atoms with E-state index < -0.39 is 0 Å². The number of hydrogen-bond donors (Lipinski definition) is 0. The second-order valence-corrected chi connectivity index (χ2v) is 8.86. The van der Waals surface area contributed by atoms with Gasteiger partial charge >= 0.3 is 0 Å². The van der Waals surface area contributed by atoms with Crippen LogP contribution in [0.15, 0.2) is 60.7 Å². The van der Waals surface area contributed by atoms with Crippen LogP contribution in [0.4, 0.5) is 0 Å². The van der Waals surface area contributed by atoms with E-state index in [0.717, 1.165) is 36.9 Å². The van der Waals surface area contributed by atoms with Crippen LogP contribution in [-0.2, 0) is 25.7 Å². The number of nitrogens with zero attached hydrogens (tertiary/aromatic N) is 1. The Kier molecular flexibility index (Phi) is 5.02. The molecule has 0 unspecified atom stereocenters. The first kappa shape index (κ1) is 20.8. The van der Waals surface area contributed by atoms with Crippen molar-refractivity contribution in [3.8, 4) is 50.8 Å². The Morgan fingerprint density at radius 3 is 1.85 bits per heavy atom. The van der Waals surface area contributed by atoms with Crippen LogP contribution in [0.25, 0.3) is 33.5 Å². The predicted octanol–water partition coefficient (Wildman–Crippen LogP) is 6.31. The van der Waals surface area contributed by atoms with Crippen LogP contribution in [-0.4, -0.2) is 26.3 Å². The summed E-state index contributed by atoms with van der Waals surface area (Å²) in [5.41, 5.74) is 12.5. The summed E-state index contributed by atoms with van der Waals surface area (Å²) < 4.78 is 16.9. The van der Waals surface area contributed by atoms with Crippen LogP contribution in [0, 0.1) is 0 Å². The third-order valence-corrected chi connectivity index (χ3v) is 7.16. The number of aryl methyl sites for hydroxylation is 3. The lowest BCUT2D eigenvalue weighted by Gasteiger charge is -2.30. The van der Waals surface area contributed by atoms with E-state index in [2.05, 4.69) is 48.5 Å². The fourth-order valence-corrected chi connectivity index (χ4v) is 5.63. The lowest BCUT2D eigenvalue weighted by molar-refractivity contribution is 0.324. The molecule has 2 aliphatic carbocycles. The number of benzene rings is 3. The van der Waals surface area contributed by atoms with E-state index in [0.29, 0.717) is 17.2 Å². The summed E-state index contributed by atoms with van der Waals surface area (Å²) in [4.78, 5) is 5.35. The first-order chi connectivity index (χ1) is 16.7. The smallest absolute Gasteiger partial charge is 0.203 e. The monoisotopic (exact) mass is 449 g/mol. The summed E-state index contributed by atoms with van der Waals surface area (Å²) in [6.07, 6.45) is 4.00. The van der Waals surface area contributed by atoms with Gasteiger partial charge in [-0.2, -0.15) is 0 Å². The van der Waals surface area contributed by atoms with Crippen LogP contribution < -0.4 is 14.2 Å². The summed E-state index contributed by atoms with van der Waals surface area (Å²) in [5.74, 6) is 1.87. The highest BCUT2D eigenvalue weighted by Gasteiger charge is 2.30. The zero-order valence-corrected chi connectivity index (χ0v) is 19.8. The second kappa shape index (κ2) is 8.21. The molecule has 4 heteroatoms. The standard InChI is InChI=1S/C30H27NO3/c1-32-25-16-20(17-26(33-2)30(25)34-3)29-28-22-11-7-5-8-18(22)12-14-23(28)27-21-10-6-4-9-19(21)13-15-24(27)31-29/h4-11,16-17H,12-15H2,1-3H3. The van der Waals surface area contributed by atoms with E-state index >= 15 is 0 Å². The van der Waals surface area contributed by atoms with Crippen molar-refractivity contribution in [2.75, 3.05) is 21.3 Å². The van der Waals surface area contributed by atoms with Gasteiger partial charge in [-0.1, -0.05) is 48.5 Å². The van der Waals surface area contributed by atoms with Gasteiger partial charge in [-0.25, -0.2) is 0 Å². The molecule has 0 saturated heterocycles. The minimum Gasteiger partial charge on any atom is -0.493 e. The van der Waals surface area contributed by atoms with Crippen molar-refractivity contribution in [1.82, 2.24) is 4.98 Å². The summed E-state index contributed by atoms with van der Waals surface area (Å²) in [7, 11) is 4.94. The van der Waals surface area contributed by atoms with Gasteiger partial charge in [0, 0.05) is 22.4 Å². The molecular formula is C30H27NO3. The highest BCUT2D eigenvalue weighted by molar-refractivity contribution is 5.93. The van der Waals surface area contributed by atoms with Crippen LogP contribution in [0.1, 0.15) is 22.4 Å². The molecule has 0 saturated carbocycles. The van der Waals surface area contributed by atoms with Gasteiger partial charge in [0.1, 0.15) is 0 Å². The van der Waals surface area contributed by atoms with E-state index in [1.54, 1.807) is 21.3 Å². The molecule has 0 bridgehead atoms. The quantitative estimate of drug-likeness (QED) is 0.366. The summed E-state index contributed by atoms with van der Waals surface area (Å²) in [6, 6.07) is 21.6. The zero-order valence-electron chi connectivity index (χ0n) is 19.8. The van der Waals surface area contributed by atoms with E-state index in [4.69, 9.17) is 19.2 Å². The molecule has 0 aliphatic heterocycles. The first-order valence-electron chi connectivity index (χ1n) is 11.8. The summed E-state index contributed by atoms with van der Waals surface area (Å²) >= 11 is 0. The number of pyridine rings is 1. The number of ether oxygens (including phenoxy) is 3. The third-order valence-electron chi connectivity index (χ3n) is 7.16. The maximum Gasteiger partial charge on any atom is 0.203 e. The Hall–Kier alpha value is -3.79. The lowest BCUT2D eigenvalue weighted by atomic mass is 9.76. The predicted molar refractivity (Wildman–Crippen MR) is 135 cm³/mol. The Labute approximate surface area is 200 Å². The number of aromatic nitrogens is 1. The highest BCUT2D eigenvalue weighted by Crippen LogP contribution is 2.49. The van der Waals surface area contributed by atoms with Crippen LogP contribution in [0.5, 0.6) is 17.2 Å². The van der Waals surface area contributed by atoms with Gasteiger partial charge in [-0.3, -0.25) is 4.98 Å². The van der Waals surface area contributed by atoms with Crippen LogP contribution in [0.2, 0.25) is 0 Å². The van der Waals surface area contributed by atoms with Crippen molar-refractivity contribution in [3.63, 3.8) is 0 Å². The first-order valence-corrected chi connectivity index (χ1v) is 11.8. The van der Waals surface area contributed by atoms with E-state index in [1.165, 1.54) is 44.6 Å². The summed E-state index contributed by atoms with van der Waals surface area (Å²) in [5, 5.41) is 0. The van der Waals surface area contributed by atoms with Crippen molar-refractivity contribution < 1.29 is 14.2 Å². The molecule has 0 N–H and O–H groups in total. The Morgan fingerprint density at radius 1 is 0.647 bits per heavy atom. The van der Waals surface area contributed by atoms with Crippen molar-refractivity contribution >= 4 is 0 Å². The van der Waals surface area contributed by atoms with Crippen LogP contribution in [0.3, 0.4) is 0 Å². The second-order valence-electron chi connectivity index (χ2n) is 8.86. The zero-order chi connectivity index (χ0) is 23.2. The van der Waals surface area contributed by atoms with E-state index in [1.807, 2.05) is 12.1 Å². The van der Waals surface area contributed by atoms with Crippen molar-refractivity contribution in [3.05, 3.63) is 83.0 Å². The maximum atomic E-state index is 5.68. The fraction of sp³-hybridized carbons (Fsp3) is 0.233. The molecule has 0 radical (unpaired) electrons. The minimum atomic E-state index is 0.593. The maximum absolute atomic E-state index is 5.68. The Morgan fingerprint density at radius 2 is 1.24 bits per heavy atom. The normalized spacial score (nSPS) is 13.3. The highest BCUT2D eigenvalue weighted by atomic mass is 16.5. The number of rotatable bonds is 4. The Balaban J connectivity index is 1.69. The largest absolute Gasteiger partial charge is 0.493 e. The molecule has 170 valence electrons. The van der Waals surface area contributed by atoms with Gasteiger partial charge in [0.2, 0.25) is 5.75 Å². The third kappa shape index (κ3) is 3.09. The molecular weight excluding hydrogens is 422 g/mol. The topological polar surface area (TPSA) is 40.6 Å². The van der Waals surface area contributed by atoms with Gasteiger partial charge in [-0.15, -0.1) is 0 Å². The van der Waals surface area contributed by atoms with Gasteiger partial charge < -0.3 is 14.2 Å². The average Bonchev–Trinajstić information content (AvgIpc) is 2.91. The van der Waals surface area contributed by atoms with E-state index in [9.17, 15) is 0 Å². The molecule has 0 atom stereocenters. The molecule has 4 aromatic rings. The van der Waals surface area contributed by atoms with Gasteiger partial charge in [0.05, 0.1) is 27.0 Å². The average molecular weight is 450 g/mol. The molecule has 4 nitrogen and oxygen atoms in total. The molecule has 2 aliphatic rings. The lowest BCUT2D eigenvalue weighted by Crippen LogP contribution is -2.15. The Bertz CT molecular complexity index is 1400. The molecule has 6 rings (SSSR count). The molecule has 1 heterocycles. The molecule has 34 heavy (non-hydrogen) atoms. The van der Waals surface area contributed by atoms with Crippen LogP contribution >= 0.6 is 0 Å². The molecule has 0 fully saturated rings. The molecule has 1 aromatic heterocycles. The van der Waals surface area contributed by atoms with Crippen molar-refractivity contribution in [1.29, 1.82) is 0 Å². The molecule has 0 spiro atoms. The van der Waals surface area contributed by atoms with Gasteiger partial charge in [0.15, 0.2) is 11.5 Å². The molecule has 0 amide bonds. The number of fused-ring (bicyclic) bond motifs is 7.